The molecule has 1 spiro atoms. The maximum absolute atomic E-state index is 14.6. The van der Waals surface area contributed by atoms with E-state index in [2.05, 4.69) is 21.3 Å². The molecule has 2 saturated heterocycles. The molecule has 0 aromatic carbocycles. The Morgan fingerprint density at radius 1 is 0.963 bits per heavy atom. The average Bonchev–Trinajstić information content (AvgIpc) is 3.92. The minimum atomic E-state index is -1.34. The lowest BCUT2D eigenvalue weighted by Gasteiger charge is -2.35. The van der Waals surface area contributed by atoms with Gasteiger partial charge >= 0.3 is 12.1 Å². The molecule has 0 radical (unpaired) electrons. The number of likely N-dealkylation sites (tertiary alicyclic amines) is 1. The normalized spacial score (nSPS) is 22.9. The summed E-state index contributed by atoms with van der Waals surface area (Å²) in [7, 11) is 0. The Kier molecular flexibility index (Phi) is 14.7. The number of amides is 5. The number of ketones is 1. The van der Waals surface area contributed by atoms with Crippen molar-refractivity contribution in [1.82, 2.24) is 26.2 Å². The third kappa shape index (κ3) is 11.4. The summed E-state index contributed by atoms with van der Waals surface area (Å²) in [6.45, 7) is 3.69. The van der Waals surface area contributed by atoms with Gasteiger partial charge in [0, 0.05) is 13.0 Å². The van der Waals surface area contributed by atoms with E-state index >= 15 is 0 Å². The fourth-order valence-corrected chi connectivity index (χ4v) is 10.7. The van der Waals surface area contributed by atoms with Gasteiger partial charge in [0.2, 0.25) is 23.5 Å². The van der Waals surface area contributed by atoms with Gasteiger partial charge in [-0.15, -0.1) is 23.5 Å². The molecule has 3 aliphatic carbocycles. The molecule has 4 fully saturated rings. The summed E-state index contributed by atoms with van der Waals surface area (Å²) in [6.07, 6.45) is 14.0. The monoisotopic (exact) mass is 787 g/mol. The van der Waals surface area contributed by atoms with E-state index in [4.69, 9.17) is 4.74 Å². The summed E-state index contributed by atoms with van der Waals surface area (Å²) in [4.78, 5) is 94.5. The van der Waals surface area contributed by atoms with Crippen LogP contribution in [0, 0.1) is 17.8 Å². The molecule has 14 nitrogen and oxygen atoms in total. The van der Waals surface area contributed by atoms with Crippen molar-refractivity contribution in [1.29, 1.82) is 0 Å². The summed E-state index contributed by atoms with van der Waals surface area (Å²) >= 11 is 3.45. The van der Waals surface area contributed by atoms with E-state index in [0.29, 0.717) is 25.0 Å². The molecule has 0 aromatic heterocycles. The molecule has 54 heavy (non-hydrogen) atoms. The van der Waals surface area contributed by atoms with Crippen molar-refractivity contribution in [2.75, 3.05) is 31.2 Å². The Balaban J connectivity index is 1.29. The number of thioether (sulfide) groups is 2. The third-order valence-electron chi connectivity index (χ3n) is 10.3. The van der Waals surface area contributed by atoms with Gasteiger partial charge in [0.1, 0.15) is 17.8 Å². The molecule has 5 rings (SSSR count). The number of Topliss-reactive ketones (excluding diaryl/α,β-unsaturated/α-hetero) is 1. The van der Waals surface area contributed by atoms with Crippen LogP contribution in [-0.2, 0) is 33.5 Å². The van der Waals surface area contributed by atoms with Crippen LogP contribution in [0.3, 0.4) is 0 Å². The quantitative estimate of drug-likeness (QED) is 0.120. The van der Waals surface area contributed by atoms with Crippen LogP contribution in [0.4, 0.5) is 4.79 Å². The highest BCUT2D eigenvalue weighted by Crippen LogP contribution is 2.50. The molecule has 1 unspecified atom stereocenters. The fourth-order valence-electron chi connectivity index (χ4n) is 7.31. The number of nitrogens with one attached hydrogen (secondary N) is 4. The number of nitrogens with zero attached hydrogens (tertiary/aromatic N) is 1. The van der Waals surface area contributed by atoms with Gasteiger partial charge in [0.25, 0.3) is 5.91 Å². The molecule has 2 aliphatic heterocycles. The molecule has 0 aromatic rings. The Hall–Kier alpha value is -3.79. The van der Waals surface area contributed by atoms with E-state index < -0.39 is 64.3 Å². The number of carboxylic acids is 1. The van der Waals surface area contributed by atoms with Crippen molar-refractivity contribution < 1.29 is 43.4 Å². The molecule has 2 heterocycles. The predicted molar refractivity (Wildman–Crippen MR) is 205 cm³/mol. The number of carbonyl (C=O) groups is 7. The van der Waals surface area contributed by atoms with E-state index in [9.17, 15) is 38.7 Å². The van der Waals surface area contributed by atoms with E-state index in [1.165, 1.54) is 0 Å². The van der Waals surface area contributed by atoms with Gasteiger partial charge in [0.05, 0.1) is 23.3 Å². The second kappa shape index (κ2) is 19.2. The van der Waals surface area contributed by atoms with Crippen molar-refractivity contribution in [3.05, 3.63) is 35.6 Å². The lowest BCUT2D eigenvalue weighted by Crippen LogP contribution is -2.58. The number of carboxylic acid groups (broad SMARTS) is 1. The largest absolute Gasteiger partial charge is 0.477 e. The SMILES string of the molecule is CC(C)COC(=O)N[C@H](C(=O)N1CC2(C[C@H]1C(=O)NC(CC1CC1)C(=O)C(=O)NCC(=O)NC(C(=O)O)=C1C=CC=CC1)SCCCS2)C1CCCCC1. The molecule has 5 aliphatic rings. The van der Waals surface area contributed by atoms with Crippen LogP contribution in [0.25, 0.3) is 0 Å². The minimum Gasteiger partial charge on any atom is -0.477 e. The van der Waals surface area contributed by atoms with Gasteiger partial charge < -0.3 is 36.0 Å². The lowest BCUT2D eigenvalue weighted by atomic mass is 9.83. The van der Waals surface area contributed by atoms with E-state index in [0.717, 1.165) is 62.9 Å². The number of hydrogen-bond acceptors (Lipinski definition) is 10. The number of ether oxygens (including phenoxy) is 1. The maximum atomic E-state index is 14.6. The number of rotatable bonds is 15. The van der Waals surface area contributed by atoms with E-state index in [1.54, 1.807) is 52.7 Å². The highest BCUT2D eigenvalue weighted by atomic mass is 32.2. The first-order valence-electron chi connectivity index (χ1n) is 19.1. The molecule has 16 heteroatoms. The summed E-state index contributed by atoms with van der Waals surface area (Å²) < 4.78 is 4.98. The Labute approximate surface area is 324 Å². The first-order valence-corrected chi connectivity index (χ1v) is 21.1. The molecule has 5 N–H and O–H groups in total. The number of hydrogen-bond donors (Lipinski definition) is 5. The maximum Gasteiger partial charge on any atom is 0.407 e. The highest BCUT2D eigenvalue weighted by molar-refractivity contribution is 8.18. The van der Waals surface area contributed by atoms with Crippen LogP contribution in [0.1, 0.15) is 84.5 Å². The zero-order valence-corrected chi connectivity index (χ0v) is 32.7. The standard InChI is InChI=1S/C38H53N5O9S2/c1-23(2)21-52-37(51)42-30(25-10-5-3-6-11-25)35(48)43-22-38(53-16-9-17-54-38)19-28(43)33(46)40-27(18-24-14-15-24)32(45)34(47)39-20-29(44)41-31(36(49)50)26-12-7-4-8-13-26/h4,7-8,12,23-25,27-28,30H,3,5-6,9-11,13-22H2,1-2H3,(H,39,47)(H,40,46)(H,41,44)(H,42,51)(H,49,50)/t27?,28-,30-/m0/s1. The Bertz CT molecular complexity index is 1550. The smallest absolute Gasteiger partial charge is 0.407 e. The van der Waals surface area contributed by atoms with Gasteiger partial charge in [-0.25, -0.2) is 9.59 Å². The first-order chi connectivity index (χ1) is 25.9. The molecule has 296 valence electrons. The average molecular weight is 788 g/mol. The van der Waals surface area contributed by atoms with Crippen LogP contribution in [-0.4, -0.2) is 105 Å². The van der Waals surface area contributed by atoms with E-state index in [1.807, 2.05) is 13.8 Å². The molecule has 2 saturated carbocycles. The molecule has 0 bridgehead atoms. The first kappa shape index (κ1) is 41.4. The van der Waals surface area contributed by atoms with Gasteiger partial charge in [-0.1, -0.05) is 70.3 Å². The van der Waals surface area contributed by atoms with E-state index in [-0.39, 0.29) is 42.4 Å². The summed E-state index contributed by atoms with van der Waals surface area (Å²) in [5.41, 5.74) is 0.0577. The van der Waals surface area contributed by atoms with Crippen molar-refractivity contribution in [2.24, 2.45) is 17.8 Å². The lowest BCUT2D eigenvalue weighted by molar-refractivity contribution is -0.143. The second-order valence-corrected chi connectivity index (χ2v) is 18.4. The van der Waals surface area contributed by atoms with Gasteiger partial charge in [0.15, 0.2) is 0 Å². The molecular weight excluding hydrogens is 735 g/mol. The van der Waals surface area contributed by atoms with Crippen LogP contribution in [0.2, 0.25) is 0 Å². The number of carbonyl (C=O) groups excluding carboxylic acids is 6. The predicted octanol–water partition coefficient (Wildman–Crippen LogP) is 3.43. The molecular formula is C38H53N5O9S2. The number of alkyl carbamates (subject to hydrolysis) is 1. The second-order valence-electron chi connectivity index (χ2n) is 15.2. The van der Waals surface area contributed by atoms with Gasteiger partial charge in [-0.3, -0.25) is 24.0 Å². The van der Waals surface area contributed by atoms with Crippen molar-refractivity contribution in [3.63, 3.8) is 0 Å². The van der Waals surface area contributed by atoms with Crippen LogP contribution in [0.5, 0.6) is 0 Å². The topological polar surface area (TPSA) is 200 Å². The number of aliphatic carboxylic acids is 1. The van der Waals surface area contributed by atoms with Gasteiger partial charge in [-0.05, 0) is 66.9 Å². The van der Waals surface area contributed by atoms with Gasteiger partial charge in [-0.2, -0.15) is 0 Å². The minimum absolute atomic E-state index is 0.112. The zero-order chi connectivity index (χ0) is 38.8. The Morgan fingerprint density at radius 2 is 1.69 bits per heavy atom. The third-order valence-corrected chi connectivity index (χ3v) is 13.7. The summed E-state index contributed by atoms with van der Waals surface area (Å²) in [5.74, 6) is -3.19. The number of allylic oxidation sites excluding steroid dienone is 5. The van der Waals surface area contributed by atoms with Crippen molar-refractivity contribution in [3.8, 4) is 0 Å². The zero-order valence-electron chi connectivity index (χ0n) is 31.1. The molecule has 3 atom stereocenters. The highest BCUT2D eigenvalue weighted by Gasteiger charge is 2.52. The van der Waals surface area contributed by atoms with Crippen LogP contribution < -0.4 is 21.3 Å². The molecule has 5 amide bonds. The fraction of sp³-hybridized carbons (Fsp3) is 0.658. The van der Waals surface area contributed by atoms with Crippen molar-refractivity contribution >= 4 is 65.0 Å². The summed E-state index contributed by atoms with van der Waals surface area (Å²) in [5, 5.41) is 19.9. The Morgan fingerprint density at radius 3 is 2.31 bits per heavy atom. The summed E-state index contributed by atoms with van der Waals surface area (Å²) in [6, 6.07) is -3.01. The van der Waals surface area contributed by atoms with Crippen molar-refractivity contribution in [2.45, 2.75) is 107 Å². The van der Waals surface area contributed by atoms with Crippen LogP contribution in [0.15, 0.2) is 35.6 Å². The van der Waals surface area contributed by atoms with Crippen LogP contribution >= 0.6 is 23.5 Å².